The number of hydrogen-bond acceptors (Lipinski definition) is 3. The second-order valence-electron chi connectivity index (χ2n) is 3.62. The molecule has 0 aliphatic heterocycles. The molecule has 0 radical (unpaired) electrons. The van der Waals surface area contributed by atoms with E-state index in [9.17, 15) is 4.79 Å². The highest BCUT2D eigenvalue weighted by Crippen LogP contribution is 2.26. The monoisotopic (exact) mass is 250 g/mol. The molecule has 0 spiro atoms. The number of carbonyl (C=O) groups is 1. The van der Waals surface area contributed by atoms with Crippen molar-refractivity contribution >= 4 is 17.6 Å². The van der Waals surface area contributed by atoms with Crippen molar-refractivity contribution in [1.82, 2.24) is 0 Å². The van der Waals surface area contributed by atoms with Gasteiger partial charge in [-0.2, -0.15) is 0 Å². The van der Waals surface area contributed by atoms with Crippen LogP contribution in [0.1, 0.15) is 16.1 Å². The first-order chi connectivity index (χ1) is 8.11. The van der Waals surface area contributed by atoms with Crippen LogP contribution in [0.3, 0.4) is 0 Å². The van der Waals surface area contributed by atoms with E-state index in [1.54, 1.807) is 25.1 Å². The lowest BCUT2D eigenvalue weighted by atomic mass is 10.1. The van der Waals surface area contributed by atoms with Crippen LogP contribution in [0.15, 0.2) is 34.7 Å². The molecule has 0 atom stereocenters. The summed E-state index contributed by atoms with van der Waals surface area (Å²) in [6.45, 7) is 1.80. The Morgan fingerprint density at radius 3 is 2.53 bits per heavy atom. The third-order valence-corrected chi connectivity index (χ3v) is 2.67. The summed E-state index contributed by atoms with van der Waals surface area (Å²) in [6.07, 6.45) is 0. The normalized spacial score (nSPS) is 10.3. The van der Waals surface area contributed by atoms with Gasteiger partial charge in [-0.15, -0.1) is 0 Å². The maximum atomic E-state index is 11.4. The summed E-state index contributed by atoms with van der Waals surface area (Å²) in [5, 5.41) is 0.658. The zero-order chi connectivity index (χ0) is 12.4. The highest BCUT2D eigenvalue weighted by Gasteiger charge is 2.16. The van der Waals surface area contributed by atoms with Gasteiger partial charge in [0.05, 0.1) is 7.11 Å². The molecule has 3 nitrogen and oxygen atoms in total. The van der Waals surface area contributed by atoms with Gasteiger partial charge in [0.2, 0.25) is 5.76 Å². The number of rotatable bonds is 2. The van der Waals surface area contributed by atoms with Gasteiger partial charge >= 0.3 is 5.97 Å². The third-order valence-electron chi connectivity index (χ3n) is 2.42. The zero-order valence-electron chi connectivity index (χ0n) is 9.49. The predicted molar refractivity (Wildman–Crippen MR) is 65.2 cm³/mol. The Bertz CT molecular complexity index is 540. The Balaban J connectivity index is 2.41. The first kappa shape index (κ1) is 11.7. The second-order valence-corrected chi connectivity index (χ2v) is 4.06. The van der Waals surface area contributed by atoms with Gasteiger partial charge in [-0.3, -0.25) is 0 Å². The van der Waals surface area contributed by atoms with E-state index in [2.05, 4.69) is 4.74 Å². The minimum atomic E-state index is -0.470. The average molecular weight is 251 g/mol. The molecule has 0 amide bonds. The van der Waals surface area contributed by atoms with Crippen LogP contribution >= 0.6 is 11.6 Å². The Kier molecular flexibility index (Phi) is 3.20. The lowest BCUT2D eigenvalue weighted by Gasteiger charge is -1.97. The molecule has 88 valence electrons. The van der Waals surface area contributed by atoms with Gasteiger partial charge in [-0.25, -0.2) is 4.79 Å². The molecule has 0 unspecified atom stereocenters. The van der Waals surface area contributed by atoms with Gasteiger partial charge in [0.15, 0.2) is 0 Å². The molecule has 1 aromatic heterocycles. The fourth-order valence-corrected chi connectivity index (χ4v) is 1.66. The fraction of sp³-hybridized carbons (Fsp3) is 0.154. The molecule has 0 bridgehead atoms. The molecule has 17 heavy (non-hydrogen) atoms. The average Bonchev–Trinajstić information content (AvgIpc) is 2.71. The van der Waals surface area contributed by atoms with Gasteiger partial charge in [0.25, 0.3) is 0 Å². The van der Waals surface area contributed by atoms with E-state index in [1.165, 1.54) is 7.11 Å². The number of methoxy groups -OCH3 is 1. The van der Waals surface area contributed by atoms with Crippen LogP contribution in [0.5, 0.6) is 0 Å². The molecule has 0 saturated carbocycles. The molecule has 2 aromatic rings. The van der Waals surface area contributed by atoms with Gasteiger partial charge in [-0.1, -0.05) is 11.6 Å². The Morgan fingerprint density at radius 1 is 1.29 bits per heavy atom. The molecule has 0 aliphatic rings. The van der Waals surface area contributed by atoms with Crippen molar-refractivity contribution in [3.05, 3.63) is 46.7 Å². The molecule has 0 N–H and O–H groups in total. The van der Waals surface area contributed by atoms with E-state index in [4.69, 9.17) is 16.0 Å². The minimum absolute atomic E-state index is 0.234. The quantitative estimate of drug-likeness (QED) is 0.763. The summed E-state index contributed by atoms with van der Waals surface area (Å²) in [5.74, 6) is 0.389. The molecular formula is C13H11ClO3. The van der Waals surface area contributed by atoms with Crippen LogP contribution in [0, 0.1) is 6.92 Å². The van der Waals surface area contributed by atoms with E-state index in [0.717, 1.165) is 11.1 Å². The number of halogens is 1. The van der Waals surface area contributed by atoms with Gasteiger partial charge in [0, 0.05) is 16.1 Å². The van der Waals surface area contributed by atoms with E-state index in [0.29, 0.717) is 10.8 Å². The van der Waals surface area contributed by atoms with Crippen LogP contribution in [0.25, 0.3) is 11.3 Å². The maximum Gasteiger partial charge on any atom is 0.374 e. The molecule has 1 aromatic carbocycles. The zero-order valence-corrected chi connectivity index (χ0v) is 10.2. The van der Waals surface area contributed by atoms with Crippen LogP contribution in [0.4, 0.5) is 0 Å². The van der Waals surface area contributed by atoms with Gasteiger partial charge < -0.3 is 9.15 Å². The number of furan rings is 1. The molecule has 0 aliphatic carbocycles. The summed E-state index contributed by atoms with van der Waals surface area (Å²) in [4.78, 5) is 11.4. The van der Waals surface area contributed by atoms with E-state index in [-0.39, 0.29) is 5.76 Å². The molecule has 4 heteroatoms. The molecule has 0 fully saturated rings. The van der Waals surface area contributed by atoms with E-state index < -0.39 is 5.97 Å². The summed E-state index contributed by atoms with van der Waals surface area (Å²) in [5.41, 5.74) is 1.62. The first-order valence-electron chi connectivity index (χ1n) is 5.06. The Morgan fingerprint density at radius 2 is 1.94 bits per heavy atom. The van der Waals surface area contributed by atoms with Crippen molar-refractivity contribution in [3.8, 4) is 11.3 Å². The second kappa shape index (κ2) is 4.63. The van der Waals surface area contributed by atoms with Crippen LogP contribution in [0.2, 0.25) is 5.02 Å². The lowest BCUT2D eigenvalue weighted by molar-refractivity contribution is 0.0565. The highest BCUT2D eigenvalue weighted by atomic mass is 35.5. The third kappa shape index (κ3) is 2.34. The highest BCUT2D eigenvalue weighted by molar-refractivity contribution is 6.30. The fourth-order valence-electron chi connectivity index (χ4n) is 1.53. The van der Waals surface area contributed by atoms with Crippen molar-refractivity contribution in [1.29, 1.82) is 0 Å². The van der Waals surface area contributed by atoms with Crippen molar-refractivity contribution in [2.24, 2.45) is 0 Å². The van der Waals surface area contributed by atoms with Gasteiger partial charge in [-0.05, 0) is 37.3 Å². The standard InChI is InChI=1S/C13H11ClO3/c1-8-7-11(17-12(8)13(15)16-2)9-3-5-10(14)6-4-9/h3-7H,1-2H3. The molecule has 0 saturated heterocycles. The molecule has 2 rings (SSSR count). The smallest absolute Gasteiger partial charge is 0.374 e. The maximum absolute atomic E-state index is 11.4. The number of hydrogen-bond donors (Lipinski definition) is 0. The van der Waals surface area contributed by atoms with Crippen LogP contribution in [-0.2, 0) is 4.74 Å². The predicted octanol–water partition coefficient (Wildman–Crippen LogP) is 3.70. The van der Waals surface area contributed by atoms with E-state index >= 15 is 0 Å². The topological polar surface area (TPSA) is 39.4 Å². The number of carbonyl (C=O) groups excluding carboxylic acids is 1. The van der Waals surface area contributed by atoms with Crippen molar-refractivity contribution < 1.29 is 13.9 Å². The largest absolute Gasteiger partial charge is 0.463 e. The number of ether oxygens (including phenoxy) is 1. The Labute approximate surface area is 104 Å². The number of esters is 1. The van der Waals surface area contributed by atoms with Crippen molar-refractivity contribution in [2.75, 3.05) is 7.11 Å². The number of benzene rings is 1. The lowest BCUT2D eigenvalue weighted by Crippen LogP contribution is -2.00. The van der Waals surface area contributed by atoms with Gasteiger partial charge in [0.1, 0.15) is 5.76 Å². The van der Waals surface area contributed by atoms with Crippen LogP contribution < -0.4 is 0 Å². The number of aryl methyl sites for hydroxylation is 1. The molecular weight excluding hydrogens is 240 g/mol. The summed E-state index contributed by atoms with van der Waals surface area (Å²) < 4.78 is 10.1. The van der Waals surface area contributed by atoms with E-state index in [1.807, 2.05) is 12.1 Å². The van der Waals surface area contributed by atoms with Crippen LogP contribution in [-0.4, -0.2) is 13.1 Å². The summed E-state index contributed by atoms with van der Waals surface area (Å²) in [7, 11) is 1.33. The SMILES string of the molecule is COC(=O)c1oc(-c2ccc(Cl)cc2)cc1C. The minimum Gasteiger partial charge on any atom is -0.463 e. The molecule has 1 heterocycles. The first-order valence-corrected chi connectivity index (χ1v) is 5.44. The summed E-state index contributed by atoms with van der Waals surface area (Å²) >= 11 is 5.80. The van der Waals surface area contributed by atoms with Crippen molar-refractivity contribution in [2.45, 2.75) is 6.92 Å². The Hall–Kier alpha value is -1.74. The van der Waals surface area contributed by atoms with Crippen molar-refractivity contribution in [3.63, 3.8) is 0 Å². The summed E-state index contributed by atoms with van der Waals surface area (Å²) in [6, 6.07) is 9.01.